The largest absolute Gasteiger partial charge is 0.484 e. The van der Waals surface area contributed by atoms with Crippen LogP contribution in [0, 0.1) is 6.92 Å². The molecule has 0 spiro atoms. The molecule has 1 amide bonds. The molecule has 0 unspecified atom stereocenters. The van der Waals surface area contributed by atoms with E-state index in [9.17, 15) is 22.8 Å². The van der Waals surface area contributed by atoms with Crippen LogP contribution in [0.4, 0.5) is 18.9 Å². The van der Waals surface area contributed by atoms with E-state index in [0.717, 1.165) is 12.1 Å². The fourth-order valence-corrected chi connectivity index (χ4v) is 3.42. The Morgan fingerprint density at radius 2 is 1.68 bits per heavy atom. The van der Waals surface area contributed by atoms with Crippen molar-refractivity contribution >= 4 is 17.6 Å². The lowest BCUT2D eigenvalue weighted by Gasteiger charge is -2.25. The third kappa shape index (κ3) is 7.02. The highest BCUT2D eigenvalue weighted by Crippen LogP contribution is 2.31. The Kier molecular flexibility index (Phi) is 8.65. The van der Waals surface area contributed by atoms with Crippen molar-refractivity contribution in [1.82, 2.24) is 4.98 Å². The van der Waals surface area contributed by atoms with E-state index < -0.39 is 23.3 Å². The van der Waals surface area contributed by atoms with E-state index in [-0.39, 0.29) is 19.1 Å². The number of benzene rings is 2. The lowest BCUT2D eigenvalue weighted by Crippen LogP contribution is -2.39. The minimum Gasteiger partial charge on any atom is -0.484 e. The van der Waals surface area contributed by atoms with Gasteiger partial charge in [-0.2, -0.15) is 13.2 Å². The normalized spacial score (nSPS) is 11.6. The standard InChI is InChI=1S/C28H29F3N2O5/c1-6-36-26(35)27(3,4)38-24-14-12-22(15-18(24)2)37-17-25(34)33(5)21-11-13-23(32-16-21)19-7-9-20(10-8-19)28(29,30)31/h7-16H,6,17H2,1-5H3. The zero-order chi connectivity index (χ0) is 28.1. The van der Waals surface area contributed by atoms with Crippen LogP contribution < -0.4 is 14.4 Å². The molecule has 7 nitrogen and oxygen atoms in total. The molecule has 0 saturated carbocycles. The number of likely N-dealkylation sites (N-methyl/N-ethyl adjacent to an activating group) is 1. The van der Waals surface area contributed by atoms with Crippen LogP contribution in [-0.2, 0) is 20.5 Å². The number of amides is 1. The number of nitrogens with zero attached hydrogens (tertiary/aromatic N) is 2. The summed E-state index contributed by atoms with van der Waals surface area (Å²) in [5.74, 6) is 0.116. The van der Waals surface area contributed by atoms with Gasteiger partial charge in [-0.05, 0) is 75.7 Å². The van der Waals surface area contributed by atoms with Gasteiger partial charge in [0.15, 0.2) is 12.2 Å². The summed E-state index contributed by atoms with van der Waals surface area (Å²) in [6.45, 7) is 6.76. The molecule has 0 saturated heterocycles. The van der Waals surface area contributed by atoms with Gasteiger partial charge >= 0.3 is 12.1 Å². The van der Waals surface area contributed by atoms with E-state index in [1.54, 1.807) is 65.1 Å². The van der Waals surface area contributed by atoms with Crippen molar-refractivity contribution in [2.75, 3.05) is 25.2 Å². The van der Waals surface area contributed by atoms with Crippen LogP contribution in [0.25, 0.3) is 11.3 Å². The van der Waals surface area contributed by atoms with E-state index >= 15 is 0 Å². The second kappa shape index (κ2) is 11.5. The van der Waals surface area contributed by atoms with Gasteiger partial charge in [-0.1, -0.05) is 12.1 Å². The second-order valence-corrected chi connectivity index (χ2v) is 8.98. The van der Waals surface area contributed by atoms with E-state index in [1.165, 1.54) is 23.2 Å². The summed E-state index contributed by atoms with van der Waals surface area (Å²) in [5, 5.41) is 0. The van der Waals surface area contributed by atoms with Crippen molar-refractivity contribution in [2.24, 2.45) is 0 Å². The minimum atomic E-state index is -4.41. The number of pyridine rings is 1. The third-order valence-corrected chi connectivity index (χ3v) is 5.66. The number of halogens is 3. The van der Waals surface area contributed by atoms with Crippen LogP contribution in [-0.4, -0.2) is 42.7 Å². The zero-order valence-corrected chi connectivity index (χ0v) is 21.8. The molecule has 3 rings (SSSR count). The quantitative estimate of drug-likeness (QED) is 0.324. The molecule has 3 aromatic rings. The fourth-order valence-electron chi connectivity index (χ4n) is 3.42. The Bertz CT molecular complexity index is 1270. The van der Waals surface area contributed by atoms with Gasteiger partial charge in [-0.3, -0.25) is 9.78 Å². The first kappa shape index (κ1) is 28.5. The van der Waals surface area contributed by atoms with Crippen molar-refractivity contribution in [3.05, 3.63) is 71.9 Å². The number of carbonyl (C=O) groups excluding carboxylic acids is 2. The molecule has 0 radical (unpaired) electrons. The molecule has 0 bridgehead atoms. The maximum Gasteiger partial charge on any atom is 0.416 e. The molecule has 0 aliphatic heterocycles. The first-order chi connectivity index (χ1) is 17.8. The van der Waals surface area contributed by atoms with Gasteiger partial charge in [-0.25, -0.2) is 4.79 Å². The molecule has 0 atom stereocenters. The summed E-state index contributed by atoms with van der Waals surface area (Å²) in [7, 11) is 1.57. The summed E-state index contributed by atoms with van der Waals surface area (Å²) in [6.07, 6.45) is -2.94. The molecule has 0 fully saturated rings. The number of aromatic nitrogens is 1. The van der Waals surface area contributed by atoms with Crippen LogP contribution >= 0.6 is 0 Å². The van der Waals surface area contributed by atoms with Crippen molar-refractivity contribution in [3.63, 3.8) is 0 Å². The third-order valence-electron chi connectivity index (χ3n) is 5.66. The fraction of sp³-hybridized carbons (Fsp3) is 0.321. The highest BCUT2D eigenvalue weighted by Gasteiger charge is 2.32. The zero-order valence-electron chi connectivity index (χ0n) is 21.8. The average Bonchev–Trinajstić information content (AvgIpc) is 2.88. The molecule has 38 heavy (non-hydrogen) atoms. The predicted octanol–water partition coefficient (Wildman–Crippen LogP) is 5.84. The summed E-state index contributed by atoms with van der Waals surface area (Å²) < 4.78 is 54.8. The molecule has 2 aromatic carbocycles. The van der Waals surface area contributed by atoms with Crippen LogP contribution in [0.5, 0.6) is 11.5 Å². The highest BCUT2D eigenvalue weighted by atomic mass is 19.4. The molecular formula is C28H29F3N2O5. The molecule has 10 heteroatoms. The number of anilines is 1. The molecule has 0 N–H and O–H groups in total. The number of hydrogen-bond acceptors (Lipinski definition) is 6. The number of ether oxygens (including phenoxy) is 3. The van der Waals surface area contributed by atoms with Crippen LogP contribution in [0.2, 0.25) is 0 Å². The minimum absolute atomic E-state index is 0.245. The van der Waals surface area contributed by atoms with Crippen LogP contribution in [0.15, 0.2) is 60.8 Å². The van der Waals surface area contributed by atoms with E-state index in [2.05, 4.69) is 4.98 Å². The number of carbonyl (C=O) groups is 2. The van der Waals surface area contributed by atoms with Gasteiger partial charge in [0, 0.05) is 12.6 Å². The maximum atomic E-state index is 12.8. The Labute approximate surface area is 219 Å². The van der Waals surface area contributed by atoms with E-state index in [1.807, 2.05) is 0 Å². The van der Waals surface area contributed by atoms with E-state index in [0.29, 0.717) is 34.0 Å². The number of esters is 1. The Morgan fingerprint density at radius 3 is 2.24 bits per heavy atom. The monoisotopic (exact) mass is 530 g/mol. The summed E-state index contributed by atoms with van der Waals surface area (Å²) >= 11 is 0. The van der Waals surface area contributed by atoms with Crippen molar-refractivity contribution in [2.45, 2.75) is 39.5 Å². The SMILES string of the molecule is CCOC(=O)C(C)(C)Oc1ccc(OCC(=O)N(C)c2ccc(-c3ccc(C(F)(F)F)cc3)nc2)cc1C. The Morgan fingerprint density at radius 1 is 1.00 bits per heavy atom. The van der Waals surface area contributed by atoms with Crippen LogP contribution in [0.1, 0.15) is 31.9 Å². The van der Waals surface area contributed by atoms with E-state index in [4.69, 9.17) is 14.2 Å². The van der Waals surface area contributed by atoms with Gasteiger partial charge in [0.1, 0.15) is 11.5 Å². The Balaban J connectivity index is 1.59. The molecule has 1 heterocycles. The van der Waals surface area contributed by atoms with Gasteiger partial charge in [0.2, 0.25) is 0 Å². The first-order valence-corrected chi connectivity index (χ1v) is 11.8. The number of rotatable bonds is 9. The van der Waals surface area contributed by atoms with Crippen LogP contribution in [0.3, 0.4) is 0 Å². The molecule has 0 aliphatic rings. The van der Waals surface area contributed by atoms with Crippen molar-refractivity contribution in [1.29, 1.82) is 0 Å². The van der Waals surface area contributed by atoms with Crippen molar-refractivity contribution in [3.8, 4) is 22.8 Å². The second-order valence-electron chi connectivity index (χ2n) is 8.98. The lowest BCUT2D eigenvalue weighted by molar-refractivity contribution is -0.158. The lowest BCUT2D eigenvalue weighted by atomic mass is 10.1. The Hall–Kier alpha value is -4.08. The smallest absolute Gasteiger partial charge is 0.416 e. The molecule has 202 valence electrons. The number of hydrogen-bond donors (Lipinski definition) is 0. The average molecular weight is 531 g/mol. The summed E-state index contributed by atoms with van der Waals surface area (Å²) in [4.78, 5) is 30.4. The molecule has 1 aromatic heterocycles. The van der Waals surface area contributed by atoms with Gasteiger partial charge in [-0.15, -0.1) is 0 Å². The number of aryl methyl sites for hydroxylation is 1. The van der Waals surface area contributed by atoms with Gasteiger partial charge < -0.3 is 19.1 Å². The van der Waals surface area contributed by atoms with Crippen molar-refractivity contribution < 1.29 is 37.0 Å². The number of alkyl halides is 3. The molecular weight excluding hydrogens is 501 g/mol. The van der Waals surface area contributed by atoms with Gasteiger partial charge in [0.05, 0.1) is 29.7 Å². The first-order valence-electron chi connectivity index (χ1n) is 11.8. The summed E-state index contributed by atoms with van der Waals surface area (Å²) in [6, 6.07) is 13.0. The predicted molar refractivity (Wildman–Crippen MR) is 136 cm³/mol. The maximum absolute atomic E-state index is 12.8. The topological polar surface area (TPSA) is 78.0 Å². The summed E-state index contributed by atoms with van der Waals surface area (Å²) in [5.41, 5.74) is 0.303. The highest BCUT2D eigenvalue weighted by molar-refractivity contribution is 5.93. The molecule has 0 aliphatic carbocycles. The van der Waals surface area contributed by atoms with Gasteiger partial charge in [0.25, 0.3) is 5.91 Å².